The van der Waals surface area contributed by atoms with Crippen LogP contribution in [0.15, 0.2) is 12.4 Å². The van der Waals surface area contributed by atoms with Crippen LogP contribution in [0.25, 0.3) is 0 Å². The van der Waals surface area contributed by atoms with Gasteiger partial charge in [-0.1, -0.05) is 20.3 Å². The van der Waals surface area contributed by atoms with Crippen LogP contribution in [-0.2, 0) is 6.42 Å². The molecular weight excluding hydrogens is 210 g/mol. The predicted octanol–water partition coefficient (Wildman–Crippen LogP) is 2.88. The van der Waals surface area contributed by atoms with Gasteiger partial charge in [-0.15, -0.1) is 0 Å². The standard InChI is InChI=1S/C14H25N3/c1-3-5-8-16-9-6-14(7-10-16)17-12-13(4-2)11-15-17/h11-12,14H,3-10H2,1-2H3. The molecule has 1 aromatic heterocycles. The number of piperidine rings is 1. The van der Waals surface area contributed by atoms with Gasteiger partial charge in [-0.25, -0.2) is 0 Å². The number of aryl methyl sites for hydroxylation is 1. The topological polar surface area (TPSA) is 21.1 Å². The Balaban J connectivity index is 1.82. The van der Waals surface area contributed by atoms with Crippen molar-refractivity contribution in [2.45, 2.75) is 52.0 Å². The molecule has 1 aliphatic rings. The largest absolute Gasteiger partial charge is 0.303 e. The summed E-state index contributed by atoms with van der Waals surface area (Å²) in [6, 6.07) is 0.633. The number of aromatic nitrogens is 2. The molecule has 0 aliphatic carbocycles. The first kappa shape index (κ1) is 12.6. The van der Waals surface area contributed by atoms with Crippen molar-refractivity contribution in [1.82, 2.24) is 14.7 Å². The van der Waals surface area contributed by atoms with Crippen molar-refractivity contribution in [3.05, 3.63) is 18.0 Å². The molecule has 1 fully saturated rings. The first-order valence-electron chi connectivity index (χ1n) is 7.08. The lowest BCUT2D eigenvalue weighted by Gasteiger charge is -2.31. The molecule has 96 valence electrons. The summed E-state index contributed by atoms with van der Waals surface area (Å²) in [6.45, 7) is 8.22. The van der Waals surface area contributed by atoms with E-state index in [0.29, 0.717) is 6.04 Å². The minimum atomic E-state index is 0.633. The highest BCUT2D eigenvalue weighted by molar-refractivity contribution is 5.04. The van der Waals surface area contributed by atoms with E-state index in [2.05, 4.69) is 34.7 Å². The number of rotatable bonds is 5. The van der Waals surface area contributed by atoms with Gasteiger partial charge in [-0.05, 0) is 37.8 Å². The number of likely N-dealkylation sites (tertiary alicyclic amines) is 1. The SMILES string of the molecule is CCCCN1CCC(n2cc(CC)cn2)CC1. The van der Waals surface area contributed by atoms with Gasteiger partial charge in [-0.2, -0.15) is 5.10 Å². The summed E-state index contributed by atoms with van der Waals surface area (Å²) in [5.74, 6) is 0. The second-order valence-electron chi connectivity index (χ2n) is 5.11. The number of hydrogen-bond donors (Lipinski definition) is 0. The molecule has 0 spiro atoms. The van der Waals surface area contributed by atoms with Gasteiger partial charge in [0.05, 0.1) is 12.2 Å². The van der Waals surface area contributed by atoms with Gasteiger partial charge >= 0.3 is 0 Å². The van der Waals surface area contributed by atoms with E-state index in [9.17, 15) is 0 Å². The van der Waals surface area contributed by atoms with Crippen LogP contribution in [0.4, 0.5) is 0 Å². The first-order chi connectivity index (χ1) is 8.33. The Hall–Kier alpha value is -0.830. The van der Waals surface area contributed by atoms with Crippen molar-refractivity contribution >= 4 is 0 Å². The molecule has 3 nitrogen and oxygen atoms in total. The Kier molecular flexibility index (Phi) is 4.60. The molecule has 2 rings (SSSR count). The predicted molar refractivity (Wildman–Crippen MR) is 71.2 cm³/mol. The summed E-state index contributed by atoms with van der Waals surface area (Å²) < 4.78 is 2.19. The van der Waals surface area contributed by atoms with Gasteiger partial charge < -0.3 is 4.90 Å². The summed E-state index contributed by atoms with van der Waals surface area (Å²) in [4.78, 5) is 2.60. The van der Waals surface area contributed by atoms with E-state index in [4.69, 9.17) is 0 Å². The van der Waals surface area contributed by atoms with Crippen LogP contribution in [0, 0.1) is 0 Å². The molecule has 0 atom stereocenters. The van der Waals surface area contributed by atoms with Crippen molar-refractivity contribution in [1.29, 1.82) is 0 Å². The van der Waals surface area contributed by atoms with Gasteiger partial charge in [0.25, 0.3) is 0 Å². The van der Waals surface area contributed by atoms with Gasteiger partial charge in [0.1, 0.15) is 0 Å². The van der Waals surface area contributed by atoms with Crippen molar-refractivity contribution in [3.8, 4) is 0 Å². The van der Waals surface area contributed by atoms with E-state index in [1.54, 1.807) is 0 Å². The summed E-state index contributed by atoms with van der Waals surface area (Å²) in [7, 11) is 0. The third-order valence-corrected chi connectivity index (χ3v) is 3.82. The highest BCUT2D eigenvalue weighted by Crippen LogP contribution is 2.22. The molecule has 0 N–H and O–H groups in total. The van der Waals surface area contributed by atoms with Crippen LogP contribution in [0.1, 0.15) is 51.1 Å². The summed E-state index contributed by atoms with van der Waals surface area (Å²) in [6.07, 6.45) is 10.5. The Labute approximate surface area is 105 Å². The molecule has 0 unspecified atom stereocenters. The third-order valence-electron chi connectivity index (χ3n) is 3.82. The van der Waals surface area contributed by atoms with E-state index in [-0.39, 0.29) is 0 Å². The Morgan fingerprint density at radius 2 is 2.06 bits per heavy atom. The summed E-state index contributed by atoms with van der Waals surface area (Å²) in [5.41, 5.74) is 1.36. The highest BCUT2D eigenvalue weighted by Gasteiger charge is 2.20. The Morgan fingerprint density at radius 3 is 2.65 bits per heavy atom. The zero-order valence-electron chi connectivity index (χ0n) is 11.2. The molecule has 0 bridgehead atoms. The summed E-state index contributed by atoms with van der Waals surface area (Å²) in [5, 5.41) is 4.50. The lowest BCUT2D eigenvalue weighted by Crippen LogP contribution is -2.35. The monoisotopic (exact) mass is 235 g/mol. The quantitative estimate of drug-likeness (QED) is 0.782. The molecule has 3 heteroatoms. The minimum absolute atomic E-state index is 0.633. The lowest BCUT2D eigenvalue weighted by atomic mass is 10.0. The molecule has 0 aromatic carbocycles. The maximum atomic E-state index is 4.50. The van der Waals surface area contributed by atoms with Crippen LogP contribution in [0.5, 0.6) is 0 Å². The van der Waals surface area contributed by atoms with Crippen LogP contribution in [0.3, 0.4) is 0 Å². The zero-order chi connectivity index (χ0) is 12.1. The second kappa shape index (κ2) is 6.20. The van der Waals surface area contributed by atoms with E-state index in [1.165, 1.54) is 50.9 Å². The fourth-order valence-corrected chi connectivity index (χ4v) is 2.55. The average Bonchev–Trinajstić information content (AvgIpc) is 2.86. The Bertz CT molecular complexity index is 324. The third kappa shape index (κ3) is 3.32. The molecule has 0 amide bonds. The van der Waals surface area contributed by atoms with E-state index >= 15 is 0 Å². The molecule has 0 radical (unpaired) electrons. The van der Waals surface area contributed by atoms with E-state index in [0.717, 1.165) is 6.42 Å². The van der Waals surface area contributed by atoms with Crippen LogP contribution < -0.4 is 0 Å². The van der Waals surface area contributed by atoms with Gasteiger partial charge in [0.2, 0.25) is 0 Å². The maximum Gasteiger partial charge on any atom is 0.0543 e. The normalized spacial score (nSPS) is 18.7. The zero-order valence-corrected chi connectivity index (χ0v) is 11.2. The van der Waals surface area contributed by atoms with Crippen molar-refractivity contribution in [2.75, 3.05) is 19.6 Å². The Morgan fingerprint density at radius 1 is 1.29 bits per heavy atom. The summed E-state index contributed by atoms with van der Waals surface area (Å²) >= 11 is 0. The van der Waals surface area contributed by atoms with Crippen molar-refractivity contribution in [2.24, 2.45) is 0 Å². The molecular formula is C14H25N3. The van der Waals surface area contributed by atoms with Crippen molar-refractivity contribution < 1.29 is 0 Å². The number of nitrogens with zero attached hydrogens (tertiary/aromatic N) is 3. The molecule has 2 heterocycles. The van der Waals surface area contributed by atoms with E-state index in [1.807, 2.05) is 6.20 Å². The highest BCUT2D eigenvalue weighted by atomic mass is 15.3. The van der Waals surface area contributed by atoms with Crippen LogP contribution >= 0.6 is 0 Å². The van der Waals surface area contributed by atoms with Crippen LogP contribution in [0.2, 0.25) is 0 Å². The molecule has 17 heavy (non-hydrogen) atoms. The fraction of sp³-hybridized carbons (Fsp3) is 0.786. The van der Waals surface area contributed by atoms with Gasteiger partial charge in [0.15, 0.2) is 0 Å². The van der Waals surface area contributed by atoms with E-state index < -0.39 is 0 Å². The lowest BCUT2D eigenvalue weighted by molar-refractivity contribution is 0.178. The molecule has 1 aromatic rings. The average molecular weight is 235 g/mol. The molecule has 1 aliphatic heterocycles. The fourth-order valence-electron chi connectivity index (χ4n) is 2.55. The first-order valence-corrected chi connectivity index (χ1v) is 7.08. The van der Waals surface area contributed by atoms with Gasteiger partial charge in [-0.3, -0.25) is 4.68 Å². The second-order valence-corrected chi connectivity index (χ2v) is 5.11. The smallest absolute Gasteiger partial charge is 0.0543 e. The molecule has 1 saturated heterocycles. The number of hydrogen-bond acceptors (Lipinski definition) is 2. The van der Waals surface area contributed by atoms with Crippen LogP contribution in [-0.4, -0.2) is 34.3 Å². The number of unbranched alkanes of at least 4 members (excludes halogenated alkanes) is 1. The minimum Gasteiger partial charge on any atom is -0.303 e. The molecule has 0 saturated carbocycles. The maximum absolute atomic E-state index is 4.50. The van der Waals surface area contributed by atoms with Gasteiger partial charge in [0, 0.05) is 19.3 Å². The van der Waals surface area contributed by atoms with Crippen molar-refractivity contribution in [3.63, 3.8) is 0 Å².